The lowest BCUT2D eigenvalue weighted by molar-refractivity contribution is -0.166. The topological polar surface area (TPSA) is 113 Å². The van der Waals surface area contributed by atoms with Crippen molar-refractivity contribution >= 4 is 17.5 Å². The van der Waals surface area contributed by atoms with E-state index in [2.05, 4.69) is 6.92 Å². The predicted molar refractivity (Wildman–Crippen MR) is 116 cm³/mol. The number of Topliss-reactive ketones (excluding diaryl/α,β-unsaturated/α-hetero) is 1. The van der Waals surface area contributed by atoms with Crippen LogP contribution in [0.3, 0.4) is 0 Å². The zero-order valence-corrected chi connectivity index (χ0v) is 19.6. The van der Waals surface area contributed by atoms with Crippen LogP contribution in [0, 0.1) is 33.5 Å². The van der Waals surface area contributed by atoms with Gasteiger partial charge in [-0.3, -0.25) is 9.59 Å². The second kappa shape index (κ2) is 5.69. The number of esters is 1. The first-order chi connectivity index (χ1) is 15.3. The summed E-state index contributed by atoms with van der Waals surface area (Å²) < 4.78 is 11.4. The van der Waals surface area contributed by atoms with Crippen molar-refractivity contribution in [1.82, 2.24) is 0 Å². The van der Waals surface area contributed by atoms with Crippen molar-refractivity contribution in [1.29, 1.82) is 0 Å². The molecule has 2 aliphatic heterocycles. The van der Waals surface area contributed by atoms with Gasteiger partial charge in [0.1, 0.15) is 5.60 Å². The molecule has 4 aliphatic carbocycles. The molecule has 33 heavy (non-hydrogen) atoms. The highest BCUT2D eigenvalue weighted by atomic mass is 16.6. The van der Waals surface area contributed by atoms with Gasteiger partial charge in [-0.2, -0.15) is 0 Å². The fourth-order valence-electron chi connectivity index (χ4n) is 9.00. The Morgan fingerprint density at radius 2 is 1.79 bits per heavy atom. The second-order valence-corrected chi connectivity index (χ2v) is 11.9. The number of fused-ring (bicyclic) bond motifs is 3. The first-order valence-electron chi connectivity index (χ1n) is 11.8. The van der Waals surface area contributed by atoms with Crippen molar-refractivity contribution in [3.05, 3.63) is 35.1 Å². The van der Waals surface area contributed by atoms with Gasteiger partial charge in [0.25, 0.3) is 0 Å². The van der Waals surface area contributed by atoms with Crippen molar-refractivity contribution in [2.75, 3.05) is 0 Å². The normalized spacial score (nSPS) is 51.5. The molecule has 2 saturated carbocycles. The number of hydrogen-bond acceptors (Lipinski definition) is 7. The fourth-order valence-corrected chi connectivity index (χ4v) is 9.00. The van der Waals surface area contributed by atoms with Gasteiger partial charge in [0.2, 0.25) is 12.1 Å². The van der Waals surface area contributed by atoms with E-state index >= 15 is 0 Å². The van der Waals surface area contributed by atoms with Crippen LogP contribution in [0.15, 0.2) is 35.1 Å². The minimum Gasteiger partial charge on any atom is -0.504 e. The Balaban J connectivity index is 1.53. The summed E-state index contributed by atoms with van der Waals surface area (Å²) in [6.45, 7) is 9.57. The standard InChI is InChI=1S/C26H30O7/c1-22(2)15(27)7-8-23(3)14-6-9-24(4)13(12-10-17(28)32-21(12)31)11-16-26(24,33-16)25(14,5)20(30)18(29)19(22)23/h7-8,10,13-14,16,21,29,31H,6,9,11H2,1-5H3. The van der Waals surface area contributed by atoms with Gasteiger partial charge in [0.05, 0.1) is 16.9 Å². The van der Waals surface area contributed by atoms with E-state index in [1.54, 1.807) is 19.9 Å². The summed E-state index contributed by atoms with van der Waals surface area (Å²) in [6.07, 6.45) is 5.37. The lowest BCUT2D eigenvalue weighted by atomic mass is 9.39. The van der Waals surface area contributed by atoms with Crippen LogP contribution in [0.1, 0.15) is 53.9 Å². The average Bonchev–Trinajstić information content (AvgIpc) is 3.28. The largest absolute Gasteiger partial charge is 0.504 e. The van der Waals surface area contributed by atoms with E-state index in [1.807, 2.05) is 19.9 Å². The monoisotopic (exact) mass is 454 g/mol. The predicted octanol–water partition coefficient (Wildman–Crippen LogP) is 2.93. The quantitative estimate of drug-likeness (QED) is 0.463. The zero-order valence-electron chi connectivity index (χ0n) is 19.6. The third-order valence-corrected chi connectivity index (χ3v) is 10.4. The van der Waals surface area contributed by atoms with Crippen molar-refractivity contribution in [2.24, 2.45) is 33.5 Å². The van der Waals surface area contributed by atoms with Gasteiger partial charge < -0.3 is 19.7 Å². The molecule has 0 aromatic carbocycles. The van der Waals surface area contributed by atoms with Crippen LogP contribution in [0.25, 0.3) is 0 Å². The highest BCUT2D eigenvalue weighted by Gasteiger charge is 2.87. The summed E-state index contributed by atoms with van der Waals surface area (Å²) in [4.78, 5) is 38.6. The molecule has 7 heteroatoms. The summed E-state index contributed by atoms with van der Waals surface area (Å²) in [5.74, 6) is -1.67. The highest BCUT2D eigenvalue weighted by Crippen LogP contribution is 2.80. The molecule has 0 aromatic heterocycles. The molecule has 8 atom stereocenters. The van der Waals surface area contributed by atoms with E-state index in [4.69, 9.17) is 9.47 Å². The number of rotatable bonds is 1. The van der Waals surface area contributed by atoms with Crippen molar-refractivity contribution in [2.45, 2.75) is 71.9 Å². The molecule has 7 nitrogen and oxygen atoms in total. The number of carbonyl (C=O) groups is 3. The Bertz CT molecular complexity index is 1140. The number of ether oxygens (including phenoxy) is 2. The molecule has 176 valence electrons. The highest BCUT2D eigenvalue weighted by molar-refractivity contribution is 6.06. The molecular formula is C26H30O7. The van der Waals surface area contributed by atoms with E-state index in [0.717, 1.165) is 6.42 Å². The number of epoxide rings is 1. The minimum atomic E-state index is -1.27. The maximum Gasteiger partial charge on any atom is 0.333 e. The van der Waals surface area contributed by atoms with Crippen LogP contribution in [0.5, 0.6) is 0 Å². The Labute approximate surface area is 192 Å². The number of aliphatic hydroxyl groups excluding tert-OH is 2. The van der Waals surface area contributed by atoms with Gasteiger partial charge in [-0.25, -0.2) is 4.79 Å². The van der Waals surface area contributed by atoms with Gasteiger partial charge in [0.15, 0.2) is 11.5 Å². The molecule has 8 unspecified atom stereocenters. The van der Waals surface area contributed by atoms with E-state index in [9.17, 15) is 24.6 Å². The maximum absolute atomic E-state index is 14.1. The molecule has 0 amide bonds. The van der Waals surface area contributed by atoms with Crippen molar-refractivity contribution in [3.8, 4) is 0 Å². The Kier molecular flexibility index (Phi) is 3.67. The molecule has 1 saturated heterocycles. The second-order valence-electron chi connectivity index (χ2n) is 11.9. The smallest absolute Gasteiger partial charge is 0.333 e. The minimum absolute atomic E-state index is 0.120. The zero-order chi connectivity index (χ0) is 23.9. The number of hydrogen-bond donors (Lipinski definition) is 2. The Hall–Kier alpha value is -2.25. The van der Waals surface area contributed by atoms with Gasteiger partial charge in [-0.05, 0) is 63.5 Å². The molecule has 3 fully saturated rings. The third-order valence-electron chi connectivity index (χ3n) is 10.4. The average molecular weight is 455 g/mol. The van der Waals surface area contributed by atoms with Crippen LogP contribution in [-0.4, -0.2) is 45.7 Å². The lowest BCUT2D eigenvalue weighted by Gasteiger charge is -2.62. The van der Waals surface area contributed by atoms with Crippen LogP contribution >= 0.6 is 0 Å². The molecule has 0 aromatic rings. The Morgan fingerprint density at radius 1 is 1.09 bits per heavy atom. The molecule has 2 heterocycles. The molecule has 0 radical (unpaired) electrons. The van der Waals surface area contributed by atoms with Crippen LogP contribution < -0.4 is 0 Å². The molecular weight excluding hydrogens is 424 g/mol. The van der Waals surface area contributed by atoms with Crippen molar-refractivity contribution < 1.29 is 34.1 Å². The van der Waals surface area contributed by atoms with Crippen molar-refractivity contribution in [3.63, 3.8) is 0 Å². The van der Waals surface area contributed by atoms with Crippen LogP contribution in [-0.2, 0) is 23.9 Å². The van der Waals surface area contributed by atoms with Gasteiger partial charge in [-0.1, -0.05) is 19.9 Å². The van der Waals surface area contributed by atoms with Gasteiger partial charge >= 0.3 is 5.97 Å². The van der Waals surface area contributed by atoms with Crippen LogP contribution in [0.2, 0.25) is 0 Å². The number of aliphatic hydroxyl groups is 2. The van der Waals surface area contributed by atoms with E-state index < -0.39 is 39.5 Å². The summed E-state index contributed by atoms with van der Waals surface area (Å²) >= 11 is 0. The van der Waals surface area contributed by atoms with E-state index in [0.29, 0.717) is 24.0 Å². The number of cyclic esters (lactones) is 1. The molecule has 6 aliphatic rings. The van der Waals surface area contributed by atoms with Gasteiger partial charge in [0, 0.05) is 22.5 Å². The molecule has 2 N–H and O–H groups in total. The van der Waals surface area contributed by atoms with E-state index in [1.165, 1.54) is 6.08 Å². The summed E-state index contributed by atoms with van der Waals surface area (Å²) in [6, 6.07) is 0. The maximum atomic E-state index is 14.1. The number of carbonyl (C=O) groups excluding carboxylic acids is 3. The molecule has 0 bridgehead atoms. The lowest BCUT2D eigenvalue weighted by Crippen LogP contribution is -2.66. The number of ketones is 2. The third kappa shape index (κ3) is 2.01. The van der Waals surface area contributed by atoms with E-state index in [-0.39, 0.29) is 35.3 Å². The summed E-state index contributed by atoms with van der Waals surface area (Å²) in [5, 5.41) is 21.7. The van der Waals surface area contributed by atoms with Crippen LogP contribution in [0.4, 0.5) is 0 Å². The summed E-state index contributed by atoms with van der Waals surface area (Å²) in [7, 11) is 0. The Morgan fingerprint density at radius 3 is 2.42 bits per heavy atom. The fraction of sp³-hybridized carbons (Fsp3) is 0.654. The number of allylic oxidation sites excluding steroid dienone is 4. The summed E-state index contributed by atoms with van der Waals surface area (Å²) in [5.41, 5.74) is -2.93. The molecule has 6 rings (SSSR count). The van der Waals surface area contributed by atoms with Gasteiger partial charge in [-0.15, -0.1) is 0 Å². The molecule has 1 spiro atoms. The SMILES string of the molecule is CC1(C)C(=O)C=CC2(C)C1=C(O)C(=O)C1(C)C2CCC2(C)C(C3=CC(=O)OC3O)CC3OC321. The first-order valence-corrected chi connectivity index (χ1v) is 11.8. The first kappa shape index (κ1) is 21.3.